The highest BCUT2D eigenvalue weighted by atomic mass is 35.5. The maximum Gasteiger partial charge on any atom is 0.326 e. The second-order valence-electron chi connectivity index (χ2n) is 7.82. The molecule has 2 aliphatic heterocycles. The van der Waals surface area contributed by atoms with Crippen molar-refractivity contribution in [2.75, 3.05) is 37.7 Å². The Morgan fingerprint density at radius 3 is 2.54 bits per heavy atom. The van der Waals surface area contributed by atoms with Gasteiger partial charge in [-0.25, -0.2) is 9.69 Å². The Bertz CT molecular complexity index is 743. The molecule has 4 rings (SSSR count). The first-order chi connectivity index (χ1) is 12.4. The molecule has 1 aromatic carbocycles. The minimum Gasteiger partial charge on any atom is -0.369 e. The van der Waals surface area contributed by atoms with Crippen molar-refractivity contribution in [3.63, 3.8) is 0 Å². The number of rotatable bonds is 4. The lowest BCUT2D eigenvalue weighted by atomic mass is 9.96. The molecule has 0 aromatic heterocycles. The van der Waals surface area contributed by atoms with E-state index in [0.717, 1.165) is 49.7 Å². The van der Waals surface area contributed by atoms with Gasteiger partial charge in [0, 0.05) is 36.9 Å². The molecule has 3 aliphatic rings. The standard InChI is InChI=1S/C19H25ClN4O2/c1-13-3-6-15(20)11-16(13)23-9-7-22(8-10-23)12-24-17(25)19(2,14-4-5-14)21-18(24)26/h3,6,11,14H,4-5,7-10,12H2,1-2H3,(H,21,26)/t19-/m1/s1. The lowest BCUT2D eigenvalue weighted by molar-refractivity contribution is -0.133. The average Bonchev–Trinajstić information content (AvgIpc) is 3.44. The van der Waals surface area contributed by atoms with Crippen molar-refractivity contribution in [1.29, 1.82) is 0 Å². The van der Waals surface area contributed by atoms with Crippen LogP contribution < -0.4 is 10.2 Å². The average molecular weight is 377 g/mol. The summed E-state index contributed by atoms with van der Waals surface area (Å²) in [4.78, 5) is 30.9. The molecule has 140 valence electrons. The largest absolute Gasteiger partial charge is 0.369 e. The maximum absolute atomic E-state index is 12.8. The molecule has 1 aromatic rings. The summed E-state index contributed by atoms with van der Waals surface area (Å²) in [5.41, 5.74) is 1.67. The van der Waals surface area contributed by atoms with Crippen LogP contribution in [0, 0.1) is 12.8 Å². The number of benzene rings is 1. The Kier molecular flexibility index (Phi) is 4.35. The first kappa shape index (κ1) is 17.6. The first-order valence-corrected chi connectivity index (χ1v) is 9.64. The summed E-state index contributed by atoms with van der Waals surface area (Å²) in [7, 11) is 0. The number of carbonyl (C=O) groups is 2. The topological polar surface area (TPSA) is 55.9 Å². The molecule has 1 atom stereocenters. The lowest BCUT2D eigenvalue weighted by Crippen LogP contribution is -2.52. The normalized spacial score (nSPS) is 27.2. The van der Waals surface area contributed by atoms with Gasteiger partial charge in [-0.05, 0) is 50.3 Å². The fourth-order valence-electron chi connectivity index (χ4n) is 4.03. The molecule has 0 bridgehead atoms. The van der Waals surface area contributed by atoms with Gasteiger partial charge in [0.05, 0.1) is 6.67 Å². The summed E-state index contributed by atoms with van der Waals surface area (Å²) in [5.74, 6) is 0.227. The van der Waals surface area contributed by atoms with E-state index in [9.17, 15) is 9.59 Å². The van der Waals surface area contributed by atoms with Crippen LogP contribution in [0.25, 0.3) is 0 Å². The van der Waals surface area contributed by atoms with E-state index < -0.39 is 5.54 Å². The van der Waals surface area contributed by atoms with E-state index in [4.69, 9.17) is 11.6 Å². The van der Waals surface area contributed by atoms with Gasteiger partial charge in [0.1, 0.15) is 5.54 Å². The highest BCUT2D eigenvalue weighted by Crippen LogP contribution is 2.42. The highest BCUT2D eigenvalue weighted by molar-refractivity contribution is 6.30. The Morgan fingerprint density at radius 2 is 1.88 bits per heavy atom. The molecule has 1 N–H and O–H groups in total. The number of amides is 3. The molecule has 6 nitrogen and oxygen atoms in total. The number of anilines is 1. The van der Waals surface area contributed by atoms with Crippen LogP contribution >= 0.6 is 11.6 Å². The molecule has 1 aliphatic carbocycles. The van der Waals surface area contributed by atoms with Crippen molar-refractivity contribution >= 4 is 29.2 Å². The van der Waals surface area contributed by atoms with Crippen molar-refractivity contribution in [2.24, 2.45) is 5.92 Å². The third kappa shape index (κ3) is 3.05. The Labute approximate surface area is 159 Å². The summed E-state index contributed by atoms with van der Waals surface area (Å²) in [6.07, 6.45) is 2.04. The summed E-state index contributed by atoms with van der Waals surface area (Å²) < 4.78 is 0. The fourth-order valence-corrected chi connectivity index (χ4v) is 4.20. The quantitative estimate of drug-likeness (QED) is 0.820. The smallest absolute Gasteiger partial charge is 0.326 e. The zero-order valence-corrected chi connectivity index (χ0v) is 16.1. The number of hydrogen-bond donors (Lipinski definition) is 1. The van der Waals surface area contributed by atoms with Crippen molar-refractivity contribution in [1.82, 2.24) is 15.1 Å². The van der Waals surface area contributed by atoms with Gasteiger partial charge in [0.2, 0.25) is 0 Å². The van der Waals surface area contributed by atoms with E-state index in [1.807, 2.05) is 25.1 Å². The summed E-state index contributed by atoms with van der Waals surface area (Å²) in [5, 5.41) is 3.66. The van der Waals surface area contributed by atoms with E-state index in [1.54, 1.807) is 0 Å². The zero-order valence-electron chi connectivity index (χ0n) is 15.3. The van der Waals surface area contributed by atoms with Gasteiger partial charge in [-0.1, -0.05) is 17.7 Å². The summed E-state index contributed by atoms with van der Waals surface area (Å²) in [6.45, 7) is 7.64. The number of imide groups is 1. The van der Waals surface area contributed by atoms with Crippen molar-refractivity contribution in [2.45, 2.75) is 32.2 Å². The Hall–Kier alpha value is -1.79. The molecule has 2 heterocycles. The van der Waals surface area contributed by atoms with Gasteiger partial charge < -0.3 is 10.2 Å². The zero-order chi connectivity index (χ0) is 18.5. The fraction of sp³-hybridized carbons (Fsp3) is 0.579. The predicted octanol–water partition coefficient (Wildman–Crippen LogP) is 2.45. The van der Waals surface area contributed by atoms with Gasteiger partial charge in [-0.15, -0.1) is 0 Å². The molecule has 0 unspecified atom stereocenters. The predicted molar refractivity (Wildman–Crippen MR) is 101 cm³/mol. The van der Waals surface area contributed by atoms with Crippen LogP contribution in [0.4, 0.5) is 10.5 Å². The van der Waals surface area contributed by atoms with Gasteiger partial charge in [-0.3, -0.25) is 9.69 Å². The van der Waals surface area contributed by atoms with Crippen LogP contribution in [-0.2, 0) is 4.79 Å². The highest BCUT2D eigenvalue weighted by Gasteiger charge is 2.56. The van der Waals surface area contributed by atoms with Crippen molar-refractivity contribution in [3.05, 3.63) is 28.8 Å². The molecule has 3 fully saturated rings. The second kappa shape index (κ2) is 6.43. The molecule has 0 radical (unpaired) electrons. The summed E-state index contributed by atoms with van der Waals surface area (Å²) in [6, 6.07) is 5.70. The molecular formula is C19H25ClN4O2. The number of nitrogens with one attached hydrogen (secondary N) is 1. The number of aryl methyl sites for hydroxylation is 1. The van der Waals surface area contributed by atoms with E-state index in [1.165, 1.54) is 10.5 Å². The molecule has 3 amide bonds. The molecule has 2 saturated heterocycles. The van der Waals surface area contributed by atoms with Crippen molar-refractivity contribution in [3.8, 4) is 0 Å². The molecule has 7 heteroatoms. The van der Waals surface area contributed by atoms with Crippen LogP contribution in [0.1, 0.15) is 25.3 Å². The SMILES string of the molecule is Cc1ccc(Cl)cc1N1CCN(CN2C(=O)N[C@](C)(C3CC3)C2=O)CC1. The van der Waals surface area contributed by atoms with Gasteiger partial charge in [0.25, 0.3) is 5.91 Å². The third-order valence-electron chi connectivity index (χ3n) is 5.92. The maximum atomic E-state index is 12.8. The van der Waals surface area contributed by atoms with Crippen LogP contribution in [0.2, 0.25) is 5.02 Å². The number of carbonyl (C=O) groups excluding carboxylic acids is 2. The number of piperazine rings is 1. The third-order valence-corrected chi connectivity index (χ3v) is 6.16. The van der Waals surface area contributed by atoms with Crippen LogP contribution in [0.5, 0.6) is 0 Å². The minimum absolute atomic E-state index is 0.0712. The Morgan fingerprint density at radius 1 is 1.19 bits per heavy atom. The number of halogens is 1. The van der Waals surface area contributed by atoms with E-state index in [0.29, 0.717) is 12.6 Å². The Balaban J connectivity index is 1.37. The van der Waals surface area contributed by atoms with Crippen LogP contribution in [0.15, 0.2) is 18.2 Å². The minimum atomic E-state index is -0.698. The second-order valence-corrected chi connectivity index (χ2v) is 8.25. The number of urea groups is 1. The van der Waals surface area contributed by atoms with Gasteiger partial charge in [0.15, 0.2) is 0 Å². The first-order valence-electron chi connectivity index (χ1n) is 9.26. The van der Waals surface area contributed by atoms with E-state index in [2.05, 4.69) is 22.0 Å². The number of hydrogen-bond acceptors (Lipinski definition) is 4. The lowest BCUT2D eigenvalue weighted by Gasteiger charge is -2.38. The van der Waals surface area contributed by atoms with Crippen LogP contribution in [0.3, 0.4) is 0 Å². The monoisotopic (exact) mass is 376 g/mol. The summed E-state index contributed by atoms with van der Waals surface area (Å²) >= 11 is 6.14. The van der Waals surface area contributed by atoms with E-state index in [-0.39, 0.29) is 11.9 Å². The molecule has 1 saturated carbocycles. The van der Waals surface area contributed by atoms with E-state index >= 15 is 0 Å². The molecule has 26 heavy (non-hydrogen) atoms. The van der Waals surface area contributed by atoms with Crippen molar-refractivity contribution < 1.29 is 9.59 Å². The van der Waals surface area contributed by atoms with Gasteiger partial charge in [-0.2, -0.15) is 0 Å². The van der Waals surface area contributed by atoms with Gasteiger partial charge >= 0.3 is 6.03 Å². The molecule has 0 spiro atoms. The number of nitrogens with zero attached hydrogens (tertiary/aromatic N) is 3. The molecular weight excluding hydrogens is 352 g/mol. The van der Waals surface area contributed by atoms with Crippen LogP contribution in [-0.4, -0.2) is 60.1 Å².